The molecule has 0 atom stereocenters. The number of likely N-dealkylation sites (tertiary alicyclic amines) is 1. The number of benzene rings is 2. The highest BCUT2D eigenvalue weighted by atomic mass is 32.2. The van der Waals surface area contributed by atoms with E-state index in [1.54, 1.807) is 42.2 Å². The van der Waals surface area contributed by atoms with Crippen molar-refractivity contribution in [2.75, 3.05) is 24.4 Å². The minimum absolute atomic E-state index is 0.0128. The van der Waals surface area contributed by atoms with E-state index in [0.717, 1.165) is 5.56 Å². The number of carbonyl (C=O) groups is 2. The third-order valence-electron chi connectivity index (χ3n) is 5.03. The van der Waals surface area contributed by atoms with E-state index in [-0.39, 0.29) is 28.5 Å². The second-order valence-corrected chi connectivity index (χ2v) is 9.12. The van der Waals surface area contributed by atoms with Crippen molar-refractivity contribution in [2.24, 2.45) is 0 Å². The topological polar surface area (TPSA) is 105 Å². The van der Waals surface area contributed by atoms with Gasteiger partial charge in [0.05, 0.1) is 11.5 Å². The zero-order valence-corrected chi connectivity index (χ0v) is 18.4. The Morgan fingerprint density at radius 3 is 2.48 bits per heavy atom. The van der Waals surface area contributed by atoms with Gasteiger partial charge in [0.15, 0.2) is 0 Å². The molecule has 9 heteroatoms. The van der Waals surface area contributed by atoms with Gasteiger partial charge >= 0.3 is 6.09 Å². The summed E-state index contributed by atoms with van der Waals surface area (Å²) < 4.78 is 33.0. The maximum atomic E-state index is 12.7. The number of amides is 2. The number of hydrogen-bond acceptors (Lipinski definition) is 5. The minimum atomic E-state index is -3.83. The van der Waals surface area contributed by atoms with Crippen LogP contribution in [0.25, 0.3) is 0 Å². The van der Waals surface area contributed by atoms with Gasteiger partial charge in [0.1, 0.15) is 0 Å². The van der Waals surface area contributed by atoms with Gasteiger partial charge in [-0.3, -0.25) is 9.52 Å². The Morgan fingerprint density at radius 1 is 1.10 bits per heavy atom. The summed E-state index contributed by atoms with van der Waals surface area (Å²) in [5, 5.41) is 2.93. The summed E-state index contributed by atoms with van der Waals surface area (Å²) in [6.07, 6.45) is 0.876. The van der Waals surface area contributed by atoms with E-state index < -0.39 is 10.0 Å². The van der Waals surface area contributed by atoms with Crippen molar-refractivity contribution in [1.82, 2.24) is 10.2 Å². The molecule has 166 valence electrons. The molecule has 0 bridgehead atoms. The molecule has 0 aliphatic carbocycles. The molecule has 3 rings (SSSR count). The van der Waals surface area contributed by atoms with Crippen LogP contribution in [0.2, 0.25) is 0 Å². The van der Waals surface area contributed by atoms with E-state index in [2.05, 4.69) is 10.0 Å². The largest absolute Gasteiger partial charge is 0.450 e. The molecule has 2 aromatic carbocycles. The van der Waals surface area contributed by atoms with Crippen LogP contribution in [0.1, 0.15) is 35.7 Å². The summed E-state index contributed by atoms with van der Waals surface area (Å²) in [5.41, 5.74) is 1.66. The van der Waals surface area contributed by atoms with Crippen molar-refractivity contribution in [1.29, 1.82) is 0 Å². The average Bonchev–Trinajstić information content (AvgIpc) is 2.74. The number of rotatable bonds is 6. The summed E-state index contributed by atoms with van der Waals surface area (Å²) >= 11 is 0. The highest BCUT2D eigenvalue weighted by molar-refractivity contribution is 7.92. The van der Waals surface area contributed by atoms with Crippen LogP contribution in [-0.4, -0.2) is 51.1 Å². The SMILES string of the molecule is CCOC(=O)N1CCC(NC(=O)c2cccc(S(=O)(=O)Nc3cccc(C)c3)c2)CC1. The molecule has 1 aliphatic heterocycles. The lowest BCUT2D eigenvalue weighted by Crippen LogP contribution is -2.46. The Balaban J connectivity index is 1.63. The smallest absolute Gasteiger partial charge is 0.409 e. The summed E-state index contributed by atoms with van der Waals surface area (Å²) in [4.78, 5) is 26.1. The highest BCUT2D eigenvalue weighted by Gasteiger charge is 2.25. The molecule has 8 nitrogen and oxygen atoms in total. The third-order valence-corrected chi connectivity index (χ3v) is 6.41. The van der Waals surface area contributed by atoms with Gasteiger partial charge in [-0.1, -0.05) is 18.2 Å². The van der Waals surface area contributed by atoms with E-state index in [9.17, 15) is 18.0 Å². The molecule has 2 N–H and O–H groups in total. The van der Waals surface area contributed by atoms with Crippen LogP contribution in [0.15, 0.2) is 53.4 Å². The number of sulfonamides is 1. The highest BCUT2D eigenvalue weighted by Crippen LogP contribution is 2.19. The lowest BCUT2D eigenvalue weighted by molar-refractivity contribution is 0.0860. The van der Waals surface area contributed by atoms with Gasteiger partial charge in [-0.2, -0.15) is 0 Å². The number of nitrogens with zero attached hydrogens (tertiary/aromatic N) is 1. The zero-order valence-electron chi connectivity index (χ0n) is 17.6. The van der Waals surface area contributed by atoms with E-state index in [1.165, 1.54) is 12.1 Å². The molecule has 0 aromatic heterocycles. The number of piperidine rings is 1. The molecular formula is C22H27N3O5S. The summed E-state index contributed by atoms with van der Waals surface area (Å²) in [6.45, 7) is 4.96. The fourth-order valence-corrected chi connectivity index (χ4v) is 4.51. The first-order valence-corrected chi connectivity index (χ1v) is 11.7. The molecule has 1 fully saturated rings. The fraction of sp³-hybridized carbons (Fsp3) is 0.364. The van der Waals surface area contributed by atoms with E-state index in [1.807, 2.05) is 13.0 Å². The van der Waals surface area contributed by atoms with Gasteiger partial charge in [0.25, 0.3) is 15.9 Å². The van der Waals surface area contributed by atoms with Gasteiger partial charge in [0.2, 0.25) is 0 Å². The van der Waals surface area contributed by atoms with Gasteiger partial charge in [-0.05, 0) is 62.6 Å². The standard InChI is InChI=1S/C22H27N3O5S/c1-3-30-22(27)25-12-10-18(11-13-25)23-21(26)17-7-5-9-20(15-17)31(28,29)24-19-8-4-6-16(2)14-19/h4-9,14-15,18,24H,3,10-13H2,1-2H3,(H,23,26). The lowest BCUT2D eigenvalue weighted by atomic mass is 10.0. The van der Waals surface area contributed by atoms with Crippen LogP contribution in [0, 0.1) is 6.92 Å². The predicted octanol–water partition coefficient (Wildman–Crippen LogP) is 3.15. The number of ether oxygens (including phenoxy) is 1. The van der Waals surface area contributed by atoms with E-state index in [4.69, 9.17) is 4.74 Å². The van der Waals surface area contributed by atoms with Crippen LogP contribution < -0.4 is 10.0 Å². The summed E-state index contributed by atoms with van der Waals surface area (Å²) in [5.74, 6) is -0.345. The molecule has 0 unspecified atom stereocenters. The van der Waals surface area contributed by atoms with Crippen LogP contribution >= 0.6 is 0 Å². The first-order valence-electron chi connectivity index (χ1n) is 10.2. The molecule has 1 heterocycles. The lowest BCUT2D eigenvalue weighted by Gasteiger charge is -2.31. The second kappa shape index (κ2) is 9.82. The molecule has 2 amide bonds. The fourth-order valence-electron chi connectivity index (χ4n) is 3.42. The van der Waals surface area contributed by atoms with Crippen LogP contribution in [0.3, 0.4) is 0 Å². The Morgan fingerprint density at radius 2 is 1.81 bits per heavy atom. The van der Waals surface area contributed by atoms with Gasteiger partial charge in [-0.15, -0.1) is 0 Å². The Bertz CT molecular complexity index is 1050. The number of nitrogens with one attached hydrogen (secondary N) is 2. The monoisotopic (exact) mass is 445 g/mol. The van der Waals surface area contributed by atoms with Crippen molar-refractivity contribution in [3.8, 4) is 0 Å². The van der Waals surface area contributed by atoms with E-state index in [0.29, 0.717) is 38.2 Å². The molecule has 0 spiro atoms. The number of aryl methyl sites for hydroxylation is 1. The Labute approximate surface area is 182 Å². The first-order chi connectivity index (χ1) is 14.8. The number of anilines is 1. The first kappa shape index (κ1) is 22.6. The van der Waals surface area contributed by atoms with Gasteiger partial charge in [-0.25, -0.2) is 13.2 Å². The summed E-state index contributed by atoms with van der Waals surface area (Å²) in [6, 6.07) is 12.9. The maximum Gasteiger partial charge on any atom is 0.409 e. The minimum Gasteiger partial charge on any atom is -0.450 e. The number of hydrogen-bond donors (Lipinski definition) is 2. The molecule has 1 saturated heterocycles. The normalized spacial score (nSPS) is 14.7. The van der Waals surface area contributed by atoms with Crippen LogP contribution in [0.5, 0.6) is 0 Å². The molecule has 31 heavy (non-hydrogen) atoms. The molecule has 0 radical (unpaired) electrons. The van der Waals surface area contributed by atoms with Crippen molar-refractivity contribution in [3.05, 3.63) is 59.7 Å². The average molecular weight is 446 g/mol. The second-order valence-electron chi connectivity index (χ2n) is 7.44. The number of carbonyl (C=O) groups excluding carboxylic acids is 2. The molecular weight excluding hydrogens is 418 g/mol. The van der Waals surface area contributed by atoms with Crippen LogP contribution in [-0.2, 0) is 14.8 Å². The third kappa shape index (κ3) is 5.97. The quantitative estimate of drug-likeness (QED) is 0.711. The predicted molar refractivity (Wildman–Crippen MR) is 118 cm³/mol. The Kier molecular flexibility index (Phi) is 7.17. The van der Waals surface area contributed by atoms with E-state index >= 15 is 0 Å². The van der Waals surface area contributed by atoms with Crippen molar-refractivity contribution in [3.63, 3.8) is 0 Å². The van der Waals surface area contributed by atoms with Crippen molar-refractivity contribution >= 4 is 27.7 Å². The van der Waals surface area contributed by atoms with Crippen molar-refractivity contribution in [2.45, 2.75) is 37.6 Å². The molecule has 1 aliphatic rings. The Hall–Kier alpha value is -3.07. The van der Waals surface area contributed by atoms with Crippen LogP contribution in [0.4, 0.5) is 10.5 Å². The zero-order chi connectivity index (χ0) is 22.4. The van der Waals surface area contributed by atoms with Gasteiger partial charge < -0.3 is 15.0 Å². The summed E-state index contributed by atoms with van der Waals surface area (Å²) in [7, 11) is -3.83. The maximum absolute atomic E-state index is 12.7. The molecule has 2 aromatic rings. The van der Waals surface area contributed by atoms with Crippen molar-refractivity contribution < 1.29 is 22.7 Å². The molecule has 0 saturated carbocycles. The van der Waals surface area contributed by atoms with Gasteiger partial charge in [0, 0.05) is 30.4 Å².